The quantitative estimate of drug-likeness (QED) is 0.799. The second kappa shape index (κ2) is 7.33. The molecule has 1 aromatic carbocycles. The van der Waals surface area contributed by atoms with Crippen LogP contribution in [0.25, 0.3) is 0 Å². The fourth-order valence-corrected chi connectivity index (χ4v) is 3.15. The topological polar surface area (TPSA) is 75.6 Å². The summed E-state index contributed by atoms with van der Waals surface area (Å²) in [6.07, 6.45) is 0.524. The molecule has 0 amide bonds. The molecule has 0 radical (unpaired) electrons. The molecule has 2 N–H and O–H groups in total. The lowest BCUT2D eigenvalue weighted by Crippen LogP contribution is -2.37. The molecule has 1 rings (SSSR count). The molecule has 0 saturated carbocycles. The number of sulfonamides is 1. The molecule has 114 valence electrons. The molecule has 1 atom stereocenters. The largest absolute Gasteiger partial charge is 0.392 e. The van der Waals surface area contributed by atoms with E-state index in [0.29, 0.717) is 6.42 Å². The summed E-state index contributed by atoms with van der Waals surface area (Å²) in [5, 5.41) is 8.78. The molecule has 0 saturated heterocycles. The Kier molecular flexibility index (Phi) is 6.35. The van der Waals surface area contributed by atoms with Crippen molar-refractivity contribution < 1.29 is 22.7 Å². The third kappa shape index (κ3) is 4.13. The molecule has 0 bridgehead atoms. The van der Waals surface area contributed by atoms with Gasteiger partial charge in [0.1, 0.15) is 5.82 Å². The molecule has 20 heavy (non-hydrogen) atoms. The van der Waals surface area contributed by atoms with Gasteiger partial charge < -0.3 is 9.84 Å². The molecular weight excluding hydrogens is 309 g/mol. The molecule has 1 unspecified atom stereocenters. The summed E-state index contributed by atoms with van der Waals surface area (Å²) in [5.74, 6) is -0.890. The van der Waals surface area contributed by atoms with Crippen LogP contribution in [-0.4, -0.2) is 33.3 Å². The van der Waals surface area contributed by atoms with Crippen LogP contribution in [0.3, 0.4) is 0 Å². The molecule has 0 aliphatic carbocycles. The van der Waals surface area contributed by atoms with Crippen LogP contribution in [0, 0.1) is 5.82 Å². The van der Waals surface area contributed by atoms with Crippen molar-refractivity contribution in [3.8, 4) is 0 Å². The highest BCUT2D eigenvalue weighted by atomic mass is 35.5. The molecular formula is C12H17ClFNO4S. The van der Waals surface area contributed by atoms with Crippen molar-refractivity contribution in [2.45, 2.75) is 30.9 Å². The fraction of sp³-hybridized carbons (Fsp3) is 0.500. The Morgan fingerprint density at radius 1 is 1.50 bits per heavy atom. The summed E-state index contributed by atoms with van der Waals surface area (Å²) in [6.45, 7) is 1.46. The molecule has 0 aromatic heterocycles. The predicted octanol–water partition coefficient (Wildman–Crippen LogP) is 1.67. The molecule has 0 heterocycles. The highest BCUT2D eigenvalue weighted by Gasteiger charge is 2.22. The zero-order valence-electron chi connectivity index (χ0n) is 11.2. The van der Waals surface area contributed by atoms with Gasteiger partial charge in [-0.15, -0.1) is 0 Å². The van der Waals surface area contributed by atoms with Gasteiger partial charge in [-0.3, -0.25) is 0 Å². The van der Waals surface area contributed by atoms with E-state index in [1.807, 2.05) is 0 Å². The first-order valence-electron chi connectivity index (χ1n) is 5.95. The second-order valence-corrected chi connectivity index (χ2v) is 6.31. The van der Waals surface area contributed by atoms with E-state index in [1.54, 1.807) is 6.92 Å². The van der Waals surface area contributed by atoms with Crippen LogP contribution in [0.1, 0.15) is 18.9 Å². The third-order valence-corrected chi connectivity index (χ3v) is 4.66. The van der Waals surface area contributed by atoms with Crippen LogP contribution in [0.5, 0.6) is 0 Å². The maximum absolute atomic E-state index is 13.6. The highest BCUT2D eigenvalue weighted by molar-refractivity contribution is 7.89. The van der Waals surface area contributed by atoms with Gasteiger partial charge in [-0.25, -0.2) is 17.5 Å². The lowest BCUT2D eigenvalue weighted by molar-refractivity contribution is 0.173. The summed E-state index contributed by atoms with van der Waals surface area (Å²) in [4.78, 5) is -0.280. The van der Waals surface area contributed by atoms with E-state index in [1.165, 1.54) is 7.11 Å². The number of nitrogens with one attached hydrogen (secondary N) is 1. The highest BCUT2D eigenvalue weighted by Crippen LogP contribution is 2.24. The number of benzene rings is 1. The number of ether oxygens (including phenoxy) is 1. The normalized spacial score (nSPS) is 13.4. The number of aliphatic hydroxyl groups excluding tert-OH is 1. The summed E-state index contributed by atoms with van der Waals surface area (Å²) in [5.41, 5.74) is 0.0202. The number of methoxy groups -OCH3 is 1. The Bertz CT molecular complexity index is 565. The first-order chi connectivity index (χ1) is 9.35. The lowest BCUT2D eigenvalue weighted by Gasteiger charge is -2.16. The van der Waals surface area contributed by atoms with Gasteiger partial charge in [0.15, 0.2) is 0 Å². The van der Waals surface area contributed by atoms with Crippen LogP contribution in [0.2, 0.25) is 5.02 Å². The Labute approximate surface area is 122 Å². The Hall–Kier alpha value is -0.730. The number of aliphatic hydroxyl groups is 1. The fourth-order valence-electron chi connectivity index (χ4n) is 1.61. The number of hydrogen-bond acceptors (Lipinski definition) is 4. The van der Waals surface area contributed by atoms with Gasteiger partial charge in [0.25, 0.3) is 0 Å². The average molecular weight is 326 g/mol. The molecule has 5 nitrogen and oxygen atoms in total. The van der Waals surface area contributed by atoms with Crippen molar-refractivity contribution in [2.24, 2.45) is 0 Å². The maximum Gasteiger partial charge on any atom is 0.241 e. The molecule has 0 aliphatic heterocycles. The predicted molar refractivity (Wildman–Crippen MR) is 73.6 cm³/mol. The van der Waals surface area contributed by atoms with Gasteiger partial charge in [0, 0.05) is 18.7 Å². The monoisotopic (exact) mass is 325 g/mol. The lowest BCUT2D eigenvalue weighted by atomic mass is 10.2. The third-order valence-electron chi connectivity index (χ3n) is 2.74. The van der Waals surface area contributed by atoms with Crippen molar-refractivity contribution in [3.63, 3.8) is 0 Å². The summed E-state index contributed by atoms with van der Waals surface area (Å²) >= 11 is 5.63. The zero-order valence-corrected chi connectivity index (χ0v) is 12.8. The molecule has 8 heteroatoms. The van der Waals surface area contributed by atoms with Gasteiger partial charge in [-0.2, -0.15) is 0 Å². The van der Waals surface area contributed by atoms with Gasteiger partial charge >= 0.3 is 0 Å². The minimum absolute atomic E-state index is 0.0202. The standard InChI is InChI=1S/C12H17ClFNO4S/c1-3-9(7-19-2)15-20(17,18)10-4-8(6-16)12(13)11(14)5-10/h4-5,9,15-16H,3,6-7H2,1-2H3. The molecule has 0 aliphatic rings. The van der Waals surface area contributed by atoms with Crippen LogP contribution >= 0.6 is 11.6 Å². The Morgan fingerprint density at radius 2 is 2.15 bits per heavy atom. The Balaban J connectivity index is 3.12. The minimum Gasteiger partial charge on any atom is -0.392 e. The van der Waals surface area contributed by atoms with Gasteiger partial charge in [-0.05, 0) is 18.6 Å². The first-order valence-corrected chi connectivity index (χ1v) is 7.81. The van der Waals surface area contributed by atoms with Crippen molar-refractivity contribution in [3.05, 3.63) is 28.5 Å². The SMILES string of the molecule is CCC(COC)NS(=O)(=O)c1cc(F)c(Cl)c(CO)c1. The Morgan fingerprint density at radius 3 is 2.65 bits per heavy atom. The van der Waals surface area contributed by atoms with Crippen LogP contribution in [-0.2, 0) is 21.4 Å². The van der Waals surface area contributed by atoms with Crippen LogP contribution in [0.15, 0.2) is 17.0 Å². The average Bonchev–Trinajstić information content (AvgIpc) is 2.40. The van der Waals surface area contributed by atoms with E-state index in [2.05, 4.69) is 4.72 Å². The van der Waals surface area contributed by atoms with Crippen molar-refractivity contribution in [1.82, 2.24) is 4.72 Å². The number of rotatable bonds is 7. The van der Waals surface area contributed by atoms with Crippen LogP contribution in [0.4, 0.5) is 4.39 Å². The van der Waals surface area contributed by atoms with Crippen molar-refractivity contribution in [1.29, 1.82) is 0 Å². The van der Waals surface area contributed by atoms with Gasteiger partial charge in [0.2, 0.25) is 10.0 Å². The van der Waals surface area contributed by atoms with Gasteiger partial charge in [-0.1, -0.05) is 18.5 Å². The van der Waals surface area contributed by atoms with Crippen molar-refractivity contribution >= 4 is 21.6 Å². The van der Waals surface area contributed by atoms with Crippen molar-refractivity contribution in [2.75, 3.05) is 13.7 Å². The number of halogens is 2. The second-order valence-electron chi connectivity index (χ2n) is 4.22. The summed E-state index contributed by atoms with van der Waals surface area (Å²) in [7, 11) is -2.44. The van der Waals surface area contributed by atoms with E-state index in [0.717, 1.165) is 12.1 Å². The number of hydrogen-bond donors (Lipinski definition) is 2. The van der Waals surface area contributed by atoms with E-state index >= 15 is 0 Å². The summed E-state index contributed by atoms with van der Waals surface area (Å²) in [6, 6.07) is 1.55. The van der Waals surface area contributed by atoms with E-state index in [4.69, 9.17) is 21.4 Å². The molecule has 1 aromatic rings. The van der Waals surface area contributed by atoms with E-state index < -0.39 is 28.5 Å². The van der Waals surface area contributed by atoms with E-state index in [-0.39, 0.29) is 22.1 Å². The molecule has 0 spiro atoms. The maximum atomic E-state index is 13.6. The zero-order chi connectivity index (χ0) is 15.3. The smallest absolute Gasteiger partial charge is 0.241 e. The van der Waals surface area contributed by atoms with Gasteiger partial charge in [0.05, 0.1) is 23.1 Å². The minimum atomic E-state index is -3.91. The van der Waals surface area contributed by atoms with Crippen LogP contribution < -0.4 is 4.72 Å². The van der Waals surface area contributed by atoms with E-state index in [9.17, 15) is 12.8 Å². The first kappa shape index (κ1) is 17.3. The molecule has 0 fully saturated rings. The summed E-state index contributed by atoms with van der Waals surface area (Å²) < 4.78 is 45.2.